The average Bonchev–Trinajstić information content (AvgIpc) is 2.44. The van der Waals surface area contributed by atoms with Crippen molar-refractivity contribution >= 4 is 5.82 Å². The van der Waals surface area contributed by atoms with Gasteiger partial charge in [-0.25, -0.2) is 9.97 Å². The maximum atomic E-state index is 5.93. The first kappa shape index (κ1) is 15.3. The van der Waals surface area contributed by atoms with Crippen LogP contribution >= 0.6 is 0 Å². The smallest absolute Gasteiger partial charge is 0.161 e. The van der Waals surface area contributed by atoms with Crippen molar-refractivity contribution in [2.75, 3.05) is 12.3 Å². The standard InChI is InChI=1S/C17H23N3O/c1-5-9-21-13-8-6-7-12(10-13)16-19-14(17(2,3)4)11-15(18)20-16/h6-8,10-11H,5,9H2,1-4H3,(H2,18,19,20). The fraction of sp³-hybridized carbons (Fsp3) is 0.412. The van der Waals surface area contributed by atoms with E-state index in [2.05, 4.69) is 37.7 Å². The first-order valence-corrected chi connectivity index (χ1v) is 7.28. The molecule has 0 atom stereocenters. The number of nitrogens with zero attached hydrogens (tertiary/aromatic N) is 2. The van der Waals surface area contributed by atoms with Gasteiger partial charge in [-0.2, -0.15) is 0 Å². The molecule has 0 saturated heterocycles. The van der Waals surface area contributed by atoms with Gasteiger partial charge >= 0.3 is 0 Å². The van der Waals surface area contributed by atoms with Crippen LogP contribution in [0, 0.1) is 0 Å². The monoisotopic (exact) mass is 285 g/mol. The minimum absolute atomic E-state index is 0.0673. The molecule has 0 saturated carbocycles. The van der Waals surface area contributed by atoms with Gasteiger partial charge in [0, 0.05) is 17.0 Å². The molecule has 4 nitrogen and oxygen atoms in total. The fourth-order valence-corrected chi connectivity index (χ4v) is 1.92. The largest absolute Gasteiger partial charge is 0.494 e. The molecule has 4 heteroatoms. The number of hydrogen-bond acceptors (Lipinski definition) is 4. The van der Waals surface area contributed by atoms with Crippen LogP contribution in [0.15, 0.2) is 30.3 Å². The Morgan fingerprint density at radius 2 is 1.90 bits per heavy atom. The predicted molar refractivity (Wildman–Crippen MR) is 86.4 cm³/mol. The van der Waals surface area contributed by atoms with Crippen molar-refractivity contribution in [3.8, 4) is 17.1 Å². The molecule has 0 radical (unpaired) electrons. The lowest BCUT2D eigenvalue weighted by Crippen LogP contribution is -2.15. The van der Waals surface area contributed by atoms with Crippen LogP contribution in [-0.4, -0.2) is 16.6 Å². The van der Waals surface area contributed by atoms with Crippen LogP contribution < -0.4 is 10.5 Å². The molecule has 2 N–H and O–H groups in total. The lowest BCUT2D eigenvalue weighted by atomic mass is 9.92. The van der Waals surface area contributed by atoms with E-state index in [1.54, 1.807) is 0 Å². The van der Waals surface area contributed by atoms with E-state index in [0.717, 1.165) is 23.4 Å². The summed E-state index contributed by atoms with van der Waals surface area (Å²) in [5, 5.41) is 0. The second-order valence-corrected chi connectivity index (χ2v) is 6.13. The van der Waals surface area contributed by atoms with Crippen molar-refractivity contribution in [2.24, 2.45) is 0 Å². The molecule has 0 fully saturated rings. The van der Waals surface area contributed by atoms with Crippen LogP contribution in [-0.2, 0) is 5.41 Å². The van der Waals surface area contributed by atoms with Gasteiger partial charge in [0.15, 0.2) is 5.82 Å². The van der Waals surface area contributed by atoms with E-state index in [1.807, 2.05) is 30.3 Å². The van der Waals surface area contributed by atoms with Crippen molar-refractivity contribution in [1.29, 1.82) is 0 Å². The molecular formula is C17H23N3O. The number of aromatic nitrogens is 2. The molecule has 0 amide bonds. The van der Waals surface area contributed by atoms with E-state index in [1.165, 1.54) is 0 Å². The minimum Gasteiger partial charge on any atom is -0.494 e. The topological polar surface area (TPSA) is 61.0 Å². The van der Waals surface area contributed by atoms with Gasteiger partial charge in [-0.15, -0.1) is 0 Å². The maximum Gasteiger partial charge on any atom is 0.161 e. The Bertz CT molecular complexity index is 618. The van der Waals surface area contributed by atoms with E-state index in [4.69, 9.17) is 10.5 Å². The highest BCUT2D eigenvalue weighted by Gasteiger charge is 2.18. The molecular weight excluding hydrogens is 262 g/mol. The molecule has 0 aliphatic heterocycles. The SMILES string of the molecule is CCCOc1cccc(-c2nc(N)cc(C(C)(C)C)n2)c1. The molecule has 0 spiro atoms. The Hall–Kier alpha value is -2.10. The molecule has 0 aliphatic carbocycles. The van der Waals surface area contributed by atoms with E-state index < -0.39 is 0 Å². The summed E-state index contributed by atoms with van der Waals surface area (Å²) >= 11 is 0. The summed E-state index contributed by atoms with van der Waals surface area (Å²) in [6.45, 7) is 9.12. The van der Waals surface area contributed by atoms with Gasteiger partial charge in [-0.05, 0) is 18.6 Å². The number of benzene rings is 1. The van der Waals surface area contributed by atoms with Crippen molar-refractivity contribution in [1.82, 2.24) is 9.97 Å². The summed E-state index contributed by atoms with van der Waals surface area (Å²) in [4.78, 5) is 9.00. The van der Waals surface area contributed by atoms with E-state index in [-0.39, 0.29) is 5.41 Å². The zero-order valence-electron chi connectivity index (χ0n) is 13.2. The number of rotatable bonds is 4. The Labute approximate surface area is 126 Å². The van der Waals surface area contributed by atoms with Gasteiger partial charge < -0.3 is 10.5 Å². The third-order valence-electron chi connectivity index (χ3n) is 3.08. The van der Waals surface area contributed by atoms with Crippen LogP contribution in [0.3, 0.4) is 0 Å². The maximum absolute atomic E-state index is 5.93. The van der Waals surface area contributed by atoms with Gasteiger partial charge in [0.2, 0.25) is 0 Å². The zero-order valence-corrected chi connectivity index (χ0v) is 13.2. The van der Waals surface area contributed by atoms with E-state index in [0.29, 0.717) is 18.2 Å². The summed E-state index contributed by atoms with van der Waals surface area (Å²) in [5.41, 5.74) is 7.72. The van der Waals surface area contributed by atoms with Crippen LogP contribution in [0.4, 0.5) is 5.82 Å². The quantitative estimate of drug-likeness (QED) is 0.927. The summed E-state index contributed by atoms with van der Waals surface area (Å²) in [5.74, 6) is 1.96. The summed E-state index contributed by atoms with van der Waals surface area (Å²) < 4.78 is 5.66. The molecule has 1 heterocycles. The second kappa shape index (κ2) is 6.12. The first-order chi connectivity index (χ1) is 9.90. The number of nitrogens with two attached hydrogens (primary N) is 1. The van der Waals surface area contributed by atoms with E-state index in [9.17, 15) is 0 Å². The van der Waals surface area contributed by atoms with Crippen molar-refractivity contribution in [3.63, 3.8) is 0 Å². The third kappa shape index (κ3) is 3.94. The Balaban J connectivity index is 2.40. The van der Waals surface area contributed by atoms with Crippen molar-refractivity contribution < 1.29 is 4.74 Å². The third-order valence-corrected chi connectivity index (χ3v) is 3.08. The van der Waals surface area contributed by atoms with Gasteiger partial charge in [0.1, 0.15) is 11.6 Å². The van der Waals surface area contributed by atoms with Gasteiger partial charge in [0.05, 0.1) is 12.3 Å². The lowest BCUT2D eigenvalue weighted by molar-refractivity contribution is 0.317. The predicted octanol–water partition coefficient (Wildman–Crippen LogP) is 3.81. The highest BCUT2D eigenvalue weighted by molar-refractivity contribution is 5.59. The Morgan fingerprint density at radius 1 is 1.14 bits per heavy atom. The van der Waals surface area contributed by atoms with E-state index >= 15 is 0 Å². The summed E-state index contributed by atoms with van der Waals surface area (Å²) in [6, 6.07) is 9.65. The van der Waals surface area contributed by atoms with Crippen LogP contribution in [0.25, 0.3) is 11.4 Å². The summed E-state index contributed by atoms with van der Waals surface area (Å²) in [7, 11) is 0. The van der Waals surface area contributed by atoms with Gasteiger partial charge in [-0.1, -0.05) is 39.8 Å². The highest BCUT2D eigenvalue weighted by atomic mass is 16.5. The molecule has 2 aromatic rings. The molecule has 112 valence electrons. The fourth-order valence-electron chi connectivity index (χ4n) is 1.92. The van der Waals surface area contributed by atoms with Crippen LogP contribution in [0.5, 0.6) is 5.75 Å². The summed E-state index contributed by atoms with van der Waals surface area (Å²) in [6.07, 6.45) is 0.979. The molecule has 1 aromatic heterocycles. The highest BCUT2D eigenvalue weighted by Crippen LogP contribution is 2.26. The zero-order chi connectivity index (χ0) is 15.5. The van der Waals surface area contributed by atoms with Crippen molar-refractivity contribution in [3.05, 3.63) is 36.0 Å². The molecule has 0 unspecified atom stereocenters. The molecule has 0 aliphatic rings. The average molecular weight is 285 g/mol. The number of ether oxygens (including phenoxy) is 1. The minimum atomic E-state index is -0.0673. The lowest BCUT2D eigenvalue weighted by Gasteiger charge is -2.18. The first-order valence-electron chi connectivity index (χ1n) is 7.28. The van der Waals surface area contributed by atoms with Crippen LogP contribution in [0.1, 0.15) is 39.8 Å². The van der Waals surface area contributed by atoms with Crippen molar-refractivity contribution in [2.45, 2.75) is 39.5 Å². The normalized spacial score (nSPS) is 11.4. The molecule has 0 bridgehead atoms. The Kier molecular flexibility index (Phi) is 4.46. The molecule has 21 heavy (non-hydrogen) atoms. The number of nitrogen functional groups attached to an aromatic ring is 1. The number of anilines is 1. The second-order valence-electron chi connectivity index (χ2n) is 6.13. The van der Waals surface area contributed by atoms with Gasteiger partial charge in [0.25, 0.3) is 0 Å². The number of hydrogen-bond donors (Lipinski definition) is 1. The van der Waals surface area contributed by atoms with Crippen LogP contribution in [0.2, 0.25) is 0 Å². The Morgan fingerprint density at radius 3 is 2.57 bits per heavy atom. The molecule has 2 rings (SSSR count). The molecule has 1 aromatic carbocycles. The van der Waals surface area contributed by atoms with Gasteiger partial charge in [-0.3, -0.25) is 0 Å².